The first-order valence-electron chi connectivity index (χ1n) is 4.03. The van der Waals surface area contributed by atoms with Gasteiger partial charge in [0.05, 0.1) is 0 Å². The number of hydrogen-bond acceptors (Lipinski definition) is 2. The van der Waals surface area contributed by atoms with Gasteiger partial charge in [0, 0.05) is 11.6 Å². The van der Waals surface area contributed by atoms with Gasteiger partial charge >= 0.3 is 6.61 Å². The lowest BCUT2D eigenvalue weighted by molar-refractivity contribution is -0.0500. The molecule has 0 aromatic heterocycles. The van der Waals surface area contributed by atoms with Gasteiger partial charge in [0.1, 0.15) is 24.3 Å². The van der Waals surface area contributed by atoms with Gasteiger partial charge in [-0.05, 0) is 12.1 Å². The fourth-order valence-corrected chi connectivity index (χ4v) is 1.04. The topological polar surface area (TPSA) is 29.5 Å². The molecule has 0 fully saturated rings. The highest BCUT2D eigenvalue weighted by Crippen LogP contribution is 2.23. The molecule has 1 unspecified atom stereocenters. The quantitative estimate of drug-likeness (QED) is 0.796. The van der Waals surface area contributed by atoms with Crippen molar-refractivity contribution in [3.8, 4) is 5.75 Å². The van der Waals surface area contributed by atoms with E-state index in [1.165, 1.54) is 0 Å². The van der Waals surface area contributed by atoms with Gasteiger partial charge in [-0.2, -0.15) is 8.78 Å². The number of aliphatic hydroxyl groups is 1. The monoisotopic (exact) mass is 224 g/mol. The van der Waals surface area contributed by atoms with Crippen LogP contribution in [0.3, 0.4) is 0 Å². The average molecular weight is 224 g/mol. The van der Waals surface area contributed by atoms with E-state index in [0.717, 1.165) is 12.1 Å². The van der Waals surface area contributed by atoms with Gasteiger partial charge in [-0.25, -0.2) is 8.78 Å². The zero-order valence-electron chi connectivity index (χ0n) is 7.46. The summed E-state index contributed by atoms with van der Waals surface area (Å²) in [6, 6.07) is 2.70. The Bertz CT molecular complexity index is 330. The van der Waals surface area contributed by atoms with Crippen LogP contribution in [0.2, 0.25) is 0 Å². The molecule has 15 heavy (non-hydrogen) atoms. The number of benzene rings is 1. The van der Waals surface area contributed by atoms with E-state index >= 15 is 0 Å². The largest absolute Gasteiger partial charge is 0.435 e. The minimum absolute atomic E-state index is 0.292. The minimum atomic E-state index is -3.05. The van der Waals surface area contributed by atoms with Gasteiger partial charge in [-0.1, -0.05) is 0 Å². The Balaban J connectivity index is 2.88. The highest BCUT2D eigenvalue weighted by molar-refractivity contribution is 5.30. The highest BCUT2D eigenvalue weighted by Gasteiger charge is 2.14. The lowest BCUT2D eigenvalue weighted by Crippen LogP contribution is -2.05. The first-order chi connectivity index (χ1) is 7.04. The molecule has 1 aromatic rings. The summed E-state index contributed by atoms with van der Waals surface area (Å²) in [6.07, 6.45) is -1.59. The summed E-state index contributed by atoms with van der Waals surface area (Å²) in [5.74, 6) is -1.37. The molecule has 1 N–H and O–H groups in total. The summed E-state index contributed by atoms with van der Waals surface area (Å²) >= 11 is 0. The van der Waals surface area contributed by atoms with Crippen LogP contribution in [-0.4, -0.2) is 18.4 Å². The van der Waals surface area contributed by atoms with Gasteiger partial charge in [0.25, 0.3) is 0 Å². The second-order valence-electron chi connectivity index (χ2n) is 2.73. The molecule has 0 saturated heterocycles. The standard InChI is InChI=1S/C9H8F4O2/c10-4-8(14)6-2-1-5(3-7(6)11)15-9(12)13/h1-3,8-9,14H,4H2. The van der Waals surface area contributed by atoms with E-state index in [0.29, 0.717) is 6.07 Å². The number of hydrogen-bond donors (Lipinski definition) is 1. The second kappa shape index (κ2) is 4.97. The van der Waals surface area contributed by atoms with Gasteiger partial charge < -0.3 is 9.84 Å². The summed E-state index contributed by atoms with van der Waals surface area (Å²) in [7, 11) is 0. The maximum absolute atomic E-state index is 13.1. The van der Waals surface area contributed by atoms with E-state index < -0.39 is 25.2 Å². The van der Waals surface area contributed by atoms with Crippen molar-refractivity contribution < 1.29 is 27.4 Å². The van der Waals surface area contributed by atoms with Crippen molar-refractivity contribution in [2.45, 2.75) is 12.7 Å². The Kier molecular flexibility index (Phi) is 3.90. The molecule has 0 saturated carbocycles. The average Bonchev–Trinajstić information content (AvgIpc) is 2.16. The van der Waals surface area contributed by atoms with Gasteiger partial charge in [0.15, 0.2) is 0 Å². The smallest absolute Gasteiger partial charge is 0.387 e. The third-order valence-electron chi connectivity index (χ3n) is 1.70. The summed E-state index contributed by atoms with van der Waals surface area (Å²) < 4.78 is 52.4. The van der Waals surface area contributed by atoms with E-state index in [1.807, 2.05) is 0 Å². The Morgan fingerprint density at radius 1 is 1.33 bits per heavy atom. The molecule has 2 nitrogen and oxygen atoms in total. The first-order valence-corrected chi connectivity index (χ1v) is 4.03. The summed E-state index contributed by atoms with van der Waals surface area (Å²) in [5, 5.41) is 8.98. The van der Waals surface area contributed by atoms with E-state index in [-0.39, 0.29) is 11.3 Å². The fraction of sp³-hybridized carbons (Fsp3) is 0.333. The van der Waals surface area contributed by atoms with Crippen molar-refractivity contribution in [3.63, 3.8) is 0 Å². The third kappa shape index (κ3) is 3.09. The van der Waals surface area contributed by atoms with Crippen molar-refractivity contribution in [2.24, 2.45) is 0 Å². The number of alkyl halides is 3. The molecule has 1 aromatic carbocycles. The van der Waals surface area contributed by atoms with Crippen LogP contribution in [0.15, 0.2) is 18.2 Å². The van der Waals surface area contributed by atoms with Crippen LogP contribution in [0.4, 0.5) is 17.6 Å². The van der Waals surface area contributed by atoms with E-state index in [4.69, 9.17) is 5.11 Å². The molecular weight excluding hydrogens is 216 g/mol. The van der Waals surface area contributed by atoms with Crippen molar-refractivity contribution in [1.29, 1.82) is 0 Å². The molecule has 0 aliphatic heterocycles. The molecule has 84 valence electrons. The summed E-state index contributed by atoms with van der Waals surface area (Å²) in [5.41, 5.74) is -0.292. The predicted octanol–water partition coefficient (Wildman–Crippen LogP) is 2.43. The van der Waals surface area contributed by atoms with Crippen LogP contribution in [0.5, 0.6) is 5.75 Å². The number of aliphatic hydroxyl groups excluding tert-OH is 1. The fourth-order valence-electron chi connectivity index (χ4n) is 1.04. The Morgan fingerprint density at radius 3 is 2.47 bits per heavy atom. The molecule has 6 heteroatoms. The summed E-state index contributed by atoms with van der Waals surface area (Å²) in [6.45, 7) is -4.20. The molecule has 1 atom stereocenters. The minimum Gasteiger partial charge on any atom is -0.435 e. The lowest BCUT2D eigenvalue weighted by Gasteiger charge is -2.09. The van der Waals surface area contributed by atoms with Crippen molar-refractivity contribution in [1.82, 2.24) is 0 Å². The van der Waals surface area contributed by atoms with Crippen LogP contribution in [0.25, 0.3) is 0 Å². The normalized spacial score (nSPS) is 12.9. The number of ether oxygens (including phenoxy) is 1. The zero-order valence-corrected chi connectivity index (χ0v) is 7.46. The Labute approximate surface area is 83.1 Å². The Hall–Kier alpha value is -1.30. The SMILES string of the molecule is OC(CF)c1ccc(OC(F)F)cc1F. The summed E-state index contributed by atoms with van der Waals surface area (Å²) in [4.78, 5) is 0. The zero-order chi connectivity index (χ0) is 11.4. The van der Waals surface area contributed by atoms with E-state index in [9.17, 15) is 17.6 Å². The first kappa shape index (κ1) is 11.8. The molecule has 0 amide bonds. The van der Waals surface area contributed by atoms with Crippen LogP contribution >= 0.6 is 0 Å². The lowest BCUT2D eigenvalue weighted by atomic mass is 10.1. The van der Waals surface area contributed by atoms with Gasteiger partial charge in [-0.3, -0.25) is 0 Å². The Morgan fingerprint density at radius 2 is 2.00 bits per heavy atom. The van der Waals surface area contributed by atoms with E-state index in [1.54, 1.807) is 0 Å². The second-order valence-corrected chi connectivity index (χ2v) is 2.73. The van der Waals surface area contributed by atoms with Gasteiger partial charge in [0.2, 0.25) is 0 Å². The van der Waals surface area contributed by atoms with Crippen molar-refractivity contribution >= 4 is 0 Å². The number of halogens is 4. The molecule has 0 heterocycles. The van der Waals surface area contributed by atoms with Crippen molar-refractivity contribution in [2.75, 3.05) is 6.67 Å². The van der Waals surface area contributed by atoms with Gasteiger partial charge in [-0.15, -0.1) is 0 Å². The van der Waals surface area contributed by atoms with Crippen LogP contribution < -0.4 is 4.74 Å². The molecule has 0 aliphatic carbocycles. The molecule has 0 radical (unpaired) electrons. The molecule has 0 aliphatic rings. The van der Waals surface area contributed by atoms with E-state index in [2.05, 4.69) is 4.74 Å². The highest BCUT2D eigenvalue weighted by atomic mass is 19.3. The van der Waals surface area contributed by atoms with Crippen LogP contribution in [0.1, 0.15) is 11.7 Å². The molecular formula is C9H8F4O2. The molecule has 0 bridgehead atoms. The van der Waals surface area contributed by atoms with Crippen LogP contribution in [0, 0.1) is 5.82 Å². The third-order valence-corrected chi connectivity index (χ3v) is 1.70. The molecule has 1 rings (SSSR count). The maximum atomic E-state index is 13.1. The van der Waals surface area contributed by atoms with Crippen LogP contribution in [-0.2, 0) is 0 Å². The maximum Gasteiger partial charge on any atom is 0.387 e. The predicted molar refractivity (Wildman–Crippen MR) is 44.0 cm³/mol. The number of rotatable bonds is 4. The molecule has 0 spiro atoms. The van der Waals surface area contributed by atoms with Crippen molar-refractivity contribution in [3.05, 3.63) is 29.6 Å².